The van der Waals surface area contributed by atoms with Gasteiger partial charge in [-0.25, -0.2) is 4.39 Å². The normalized spacial score (nSPS) is 10.9. The summed E-state index contributed by atoms with van der Waals surface area (Å²) in [6.45, 7) is 3.95. The quantitative estimate of drug-likeness (QED) is 0.769. The number of carbonyl (C=O) groups is 1. The number of rotatable bonds is 3. The Balaban J connectivity index is 2.28. The Morgan fingerprint density at radius 3 is 2.55 bits per heavy atom. The van der Waals surface area contributed by atoms with Crippen molar-refractivity contribution in [1.29, 1.82) is 0 Å². The summed E-state index contributed by atoms with van der Waals surface area (Å²) in [6, 6.07) is 6.36. The van der Waals surface area contributed by atoms with Crippen LogP contribution in [-0.2, 0) is 0 Å². The fourth-order valence-electron chi connectivity index (χ4n) is 1.83. The maximum absolute atomic E-state index is 13.7. The Bertz CT molecular complexity index is 653. The summed E-state index contributed by atoms with van der Waals surface area (Å²) in [5.41, 5.74) is 0.639. The second kappa shape index (κ2) is 6.10. The minimum absolute atomic E-state index is 0.136. The minimum Gasteiger partial charge on any atom is -0.340 e. The first-order valence-electron chi connectivity index (χ1n) is 6.02. The summed E-state index contributed by atoms with van der Waals surface area (Å²) in [4.78, 5) is 12.3. The van der Waals surface area contributed by atoms with Gasteiger partial charge in [-0.15, -0.1) is 0 Å². The molecule has 0 atom stereocenters. The highest BCUT2D eigenvalue weighted by Crippen LogP contribution is 2.23. The number of halogens is 3. The van der Waals surface area contributed by atoms with Crippen molar-refractivity contribution in [3.05, 3.63) is 50.9 Å². The van der Waals surface area contributed by atoms with E-state index in [1.807, 2.05) is 24.6 Å². The van der Waals surface area contributed by atoms with Gasteiger partial charge in [0.2, 0.25) is 0 Å². The lowest BCUT2D eigenvalue weighted by Gasteiger charge is -2.13. The Labute approximate surface area is 133 Å². The van der Waals surface area contributed by atoms with E-state index in [0.717, 1.165) is 4.47 Å². The molecule has 0 aliphatic carbocycles. The van der Waals surface area contributed by atoms with Crippen LogP contribution in [-0.4, -0.2) is 10.5 Å². The van der Waals surface area contributed by atoms with Crippen molar-refractivity contribution in [3.63, 3.8) is 0 Å². The van der Waals surface area contributed by atoms with Gasteiger partial charge in [-0.05, 0) is 54.0 Å². The van der Waals surface area contributed by atoms with Gasteiger partial charge >= 0.3 is 0 Å². The molecule has 0 saturated heterocycles. The number of carbonyl (C=O) groups excluding carboxylic acids is 1. The Morgan fingerprint density at radius 1 is 1.25 bits per heavy atom. The number of amides is 1. The summed E-state index contributed by atoms with van der Waals surface area (Å²) < 4.78 is 17.0. The van der Waals surface area contributed by atoms with Gasteiger partial charge in [-0.1, -0.05) is 15.9 Å². The summed E-state index contributed by atoms with van der Waals surface area (Å²) in [5, 5.41) is 2.59. The van der Waals surface area contributed by atoms with E-state index in [2.05, 4.69) is 37.2 Å². The Hall–Kier alpha value is -1.14. The zero-order valence-electron chi connectivity index (χ0n) is 11.0. The smallest absolute Gasteiger partial charge is 0.272 e. The van der Waals surface area contributed by atoms with E-state index in [1.165, 1.54) is 12.1 Å². The van der Waals surface area contributed by atoms with Crippen molar-refractivity contribution in [1.82, 2.24) is 4.57 Å². The summed E-state index contributed by atoms with van der Waals surface area (Å²) >= 11 is 6.53. The molecule has 1 aromatic heterocycles. The maximum Gasteiger partial charge on any atom is 0.272 e. The third-order valence-corrected chi connectivity index (χ3v) is 3.71. The molecule has 0 aliphatic heterocycles. The first-order valence-corrected chi connectivity index (χ1v) is 7.61. The van der Waals surface area contributed by atoms with Crippen LogP contribution in [0, 0.1) is 5.82 Å². The van der Waals surface area contributed by atoms with Gasteiger partial charge < -0.3 is 9.88 Å². The minimum atomic E-state index is -0.477. The molecule has 0 fully saturated rings. The number of hydrogen-bond donors (Lipinski definition) is 1. The van der Waals surface area contributed by atoms with Crippen molar-refractivity contribution in [2.24, 2.45) is 0 Å². The maximum atomic E-state index is 13.7. The van der Waals surface area contributed by atoms with E-state index >= 15 is 0 Å². The molecule has 1 N–H and O–H groups in total. The Morgan fingerprint density at radius 2 is 1.95 bits per heavy atom. The van der Waals surface area contributed by atoms with E-state index in [1.54, 1.807) is 12.1 Å². The van der Waals surface area contributed by atoms with Crippen molar-refractivity contribution in [2.75, 3.05) is 5.32 Å². The zero-order valence-corrected chi connectivity index (χ0v) is 14.1. The lowest BCUT2D eigenvalue weighted by molar-refractivity contribution is 0.101. The fourth-order valence-corrected chi connectivity index (χ4v) is 2.60. The second-order valence-corrected chi connectivity index (χ2v) is 6.45. The molecular weight excluding hydrogens is 391 g/mol. The van der Waals surface area contributed by atoms with E-state index in [-0.39, 0.29) is 17.6 Å². The predicted octanol–water partition coefficient (Wildman–Crippen LogP) is 4.99. The van der Waals surface area contributed by atoms with Crippen LogP contribution in [0.5, 0.6) is 0 Å². The molecule has 6 heteroatoms. The van der Waals surface area contributed by atoms with Gasteiger partial charge in [-0.2, -0.15) is 0 Å². The van der Waals surface area contributed by atoms with Gasteiger partial charge in [0.25, 0.3) is 5.91 Å². The molecule has 0 spiro atoms. The number of nitrogens with zero attached hydrogens (tertiary/aromatic N) is 1. The SMILES string of the molecule is CC(C)n1cc(Br)cc1C(=O)Nc1ccc(Br)cc1F. The zero-order chi connectivity index (χ0) is 14.9. The number of benzene rings is 1. The van der Waals surface area contributed by atoms with Crippen LogP contribution < -0.4 is 5.32 Å². The molecule has 0 saturated carbocycles. The van der Waals surface area contributed by atoms with Crippen LogP contribution in [0.3, 0.4) is 0 Å². The summed E-state index contributed by atoms with van der Waals surface area (Å²) in [5.74, 6) is -0.819. The highest BCUT2D eigenvalue weighted by atomic mass is 79.9. The molecule has 0 aliphatic rings. The van der Waals surface area contributed by atoms with Crippen molar-refractivity contribution >= 4 is 43.5 Å². The van der Waals surface area contributed by atoms with Crippen molar-refractivity contribution < 1.29 is 9.18 Å². The van der Waals surface area contributed by atoms with Crippen LogP contribution in [0.15, 0.2) is 39.4 Å². The lowest BCUT2D eigenvalue weighted by atomic mass is 10.3. The average Bonchev–Trinajstić information content (AvgIpc) is 2.75. The number of hydrogen-bond acceptors (Lipinski definition) is 1. The molecule has 2 aromatic rings. The molecule has 1 amide bonds. The molecular formula is C14H13Br2FN2O. The van der Waals surface area contributed by atoms with Crippen molar-refractivity contribution in [3.8, 4) is 0 Å². The van der Waals surface area contributed by atoms with Gasteiger partial charge in [0.05, 0.1) is 5.69 Å². The van der Waals surface area contributed by atoms with Gasteiger partial charge in [0.1, 0.15) is 11.5 Å². The highest BCUT2D eigenvalue weighted by Gasteiger charge is 2.16. The van der Waals surface area contributed by atoms with Crippen LogP contribution >= 0.6 is 31.9 Å². The molecule has 20 heavy (non-hydrogen) atoms. The standard InChI is InChI=1S/C14H13Br2FN2O/c1-8(2)19-7-10(16)6-13(19)14(20)18-12-4-3-9(15)5-11(12)17/h3-8H,1-2H3,(H,18,20). The van der Waals surface area contributed by atoms with E-state index < -0.39 is 5.82 Å². The van der Waals surface area contributed by atoms with Gasteiger partial charge in [0.15, 0.2) is 0 Å². The van der Waals surface area contributed by atoms with Crippen LogP contribution in [0.25, 0.3) is 0 Å². The summed E-state index contributed by atoms with van der Waals surface area (Å²) in [7, 11) is 0. The molecule has 0 unspecified atom stereocenters. The largest absolute Gasteiger partial charge is 0.340 e. The molecule has 2 rings (SSSR count). The van der Waals surface area contributed by atoms with E-state index in [0.29, 0.717) is 10.2 Å². The van der Waals surface area contributed by atoms with Gasteiger partial charge in [0, 0.05) is 21.2 Å². The topological polar surface area (TPSA) is 34.0 Å². The molecule has 106 valence electrons. The third kappa shape index (κ3) is 3.30. The molecule has 0 radical (unpaired) electrons. The third-order valence-electron chi connectivity index (χ3n) is 2.78. The van der Waals surface area contributed by atoms with Crippen LogP contribution in [0.1, 0.15) is 30.4 Å². The predicted molar refractivity (Wildman–Crippen MR) is 84.6 cm³/mol. The van der Waals surface area contributed by atoms with Crippen LogP contribution in [0.4, 0.5) is 10.1 Å². The van der Waals surface area contributed by atoms with Gasteiger partial charge in [-0.3, -0.25) is 4.79 Å². The van der Waals surface area contributed by atoms with E-state index in [4.69, 9.17) is 0 Å². The fraction of sp³-hybridized carbons (Fsp3) is 0.214. The average molecular weight is 404 g/mol. The first-order chi connectivity index (χ1) is 9.38. The molecule has 1 aromatic carbocycles. The highest BCUT2D eigenvalue weighted by molar-refractivity contribution is 9.10. The second-order valence-electron chi connectivity index (χ2n) is 4.62. The monoisotopic (exact) mass is 402 g/mol. The lowest BCUT2D eigenvalue weighted by Crippen LogP contribution is -2.18. The first kappa shape index (κ1) is 15.3. The molecule has 3 nitrogen and oxygen atoms in total. The molecule has 0 bridgehead atoms. The van der Waals surface area contributed by atoms with Crippen LogP contribution in [0.2, 0.25) is 0 Å². The number of aromatic nitrogens is 1. The molecule has 1 heterocycles. The summed E-state index contributed by atoms with van der Waals surface area (Å²) in [6.07, 6.45) is 1.83. The van der Waals surface area contributed by atoms with E-state index in [9.17, 15) is 9.18 Å². The number of anilines is 1. The number of nitrogens with one attached hydrogen (secondary N) is 1. The van der Waals surface area contributed by atoms with Crippen molar-refractivity contribution in [2.45, 2.75) is 19.9 Å². The Kier molecular flexibility index (Phi) is 4.65.